The standard InChI is InChI=1S/C17H18N4O3S/c1-4-21-11-7-12-13(24-6-5-23-12)8-14(11)25-17(21)18-16(22)15-10(2)9-20(3)19-15/h7-9H,4-6H2,1-3H3. The van der Waals surface area contributed by atoms with Crippen molar-refractivity contribution in [3.8, 4) is 11.5 Å². The molecular formula is C17H18N4O3S. The van der Waals surface area contributed by atoms with E-state index in [0.29, 0.717) is 30.3 Å². The lowest BCUT2D eigenvalue weighted by atomic mass is 10.2. The molecule has 2 aromatic heterocycles. The maximum Gasteiger partial charge on any atom is 0.300 e. The van der Waals surface area contributed by atoms with Crippen LogP contribution in [-0.4, -0.2) is 33.5 Å². The van der Waals surface area contributed by atoms with Crippen molar-refractivity contribution in [2.75, 3.05) is 13.2 Å². The van der Waals surface area contributed by atoms with Gasteiger partial charge in [-0.15, -0.1) is 0 Å². The summed E-state index contributed by atoms with van der Waals surface area (Å²) in [4.78, 5) is 17.5. The van der Waals surface area contributed by atoms with Crippen LogP contribution in [0.3, 0.4) is 0 Å². The average molecular weight is 358 g/mol. The molecule has 0 N–H and O–H groups in total. The van der Waals surface area contributed by atoms with Gasteiger partial charge in [-0.25, -0.2) is 0 Å². The zero-order chi connectivity index (χ0) is 17.6. The van der Waals surface area contributed by atoms with Gasteiger partial charge >= 0.3 is 0 Å². The van der Waals surface area contributed by atoms with Crippen molar-refractivity contribution in [3.63, 3.8) is 0 Å². The topological polar surface area (TPSA) is 70.6 Å². The molecule has 0 aliphatic carbocycles. The fourth-order valence-electron chi connectivity index (χ4n) is 2.96. The lowest BCUT2D eigenvalue weighted by Crippen LogP contribution is -2.17. The van der Waals surface area contributed by atoms with E-state index in [2.05, 4.69) is 10.1 Å². The zero-order valence-electron chi connectivity index (χ0n) is 14.3. The summed E-state index contributed by atoms with van der Waals surface area (Å²) < 4.78 is 16.0. The summed E-state index contributed by atoms with van der Waals surface area (Å²) in [5, 5.41) is 4.21. The maximum atomic E-state index is 12.6. The average Bonchev–Trinajstić information content (AvgIpc) is 3.10. The highest BCUT2D eigenvalue weighted by molar-refractivity contribution is 7.16. The van der Waals surface area contributed by atoms with E-state index in [1.807, 2.05) is 36.7 Å². The van der Waals surface area contributed by atoms with Crippen LogP contribution in [0.25, 0.3) is 10.2 Å². The highest BCUT2D eigenvalue weighted by Crippen LogP contribution is 2.35. The van der Waals surface area contributed by atoms with E-state index in [-0.39, 0.29) is 5.91 Å². The third kappa shape index (κ3) is 2.72. The van der Waals surface area contributed by atoms with Crippen molar-refractivity contribution >= 4 is 27.5 Å². The minimum atomic E-state index is -0.330. The normalized spacial score (nSPS) is 14.3. The molecule has 0 radical (unpaired) electrons. The van der Waals surface area contributed by atoms with Gasteiger partial charge in [0.15, 0.2) is 22.0 Å². The van der Waals surface area contributed by atoms with Crippen LogP contribution in [0.2, 0.25) is 0 Å². The van der Waals surface area contributed by atoms with E-state index in [9.17, 15) is 4.79 Å². The number of carbonyl (C=O) groups excluding carboxylic acids is 1. The molecule has 130 valence electrons. The highest BCUT2D eigenvalue weighted by atomic mass is 32.1. The van der Waals surface area contributed by atoms with Crippen LogP contribution in [0.15, 0.2) is 23.3 Å². The predicted molar refractivity (Wildman–Crippen MR) is 94.3 cm³/mol. The first-order valence-corrected chi connectivity index (χ1v) is 8.90. The van der Waals surface area contributed by atoms with Crippen molar-refractivity contribution < 1.29 is 14.3 Å². The van der Waals surface area contributed by atoms with Gasteiger partial charge in [0.05, 0.1) is 10.2 Å². The molecule has 4 rings (SSSR count). The molecule has 0 saturated carbocycles. The van der Waals surface area contributed by atoms with Crippen LogP contribution in [0, 0.1) is 6.92 Å². The monoisotopic (exact) mass is 358 g/mol. The van der Waals surface area contributed by atoms with Crippen LogP contribution in [-0.2, 0) is 13.6 Å². The third-order valence-corrected chi connectivity index (χ3v) is 5.12. The minimum absolute atomic E-state index is 0.330. The maximum absolute atomic E-state index is 12.6. The number of aryl methyl sites for hydroxylation is 3. The molecule has 1 amide bonds. The Balaban J connectivity index is 1.86. The van der Waals surface area contributed by atoms with Crippen LogP contribution >= 0.6 is 11.3 Å². The van der Waals surface area contributed by atoms with Gasteiger partial charge < -0.3 is 14.0 Å². The lowest BCUT2D eigenvalue weighted by molar-refractivity contribution is 0.0992. The molecule has 25 heavy (non-hydrogen) atoms. The van der Waals surface area contributed by atoms with E-state index in [0.717, 1.165) is 27.3 Å². The first-order chi connectivity index (χ1) is 12.1. The minimum Gasteiger partial charge on any atom is -0.486 e. The van der Waals surface area contributed by atoms with E-state index >= 15 is 0 Å². The second kappa shape index (κ2) is 6.03. The van der Waals surface area contributed by atoms with Gasteiger partial charge in [0.1, 0.15) is 13.2 Å². The third-order valence-electron chi connectivity index (χ3n) is 4.07. The number of benzene rings is 1. The molecule has 3 heterocycles. The molecule has 1 aliphatic heterocycles. The Morgan fingerprint density at radius 3 is 2.68 bits per heavy atom. The molecule has 8 heteroatoms. The SMILES string of the molecule is CCn1c(=NC(=O)c2nn(C)cc2C)sc2cc3c(cc21)OCCO3. The summed E-state index contributed by atoms with van der Waals surface area (Å²) >= 11 is 1.46. The summed E-state index contributed by atoms with van der Waals surface area (Å²) in [6, 6.07) is 3.91. The summed E-state index contributed by atoms with van der Waals surface area (Å²) in [6.07, 6.45) is 1.81. The second-order valence-electron chi connectivity index (χ2n) is 5.84. The number of hydrogen-bond acceptors (Lipinski definition) is 5. The molecular weight excluding hydrogens is 340 g/mol. The van der Waals surface area contributed by atoms with Gasteiger partial charge in [0.25, 0.3) is 5.91 Å². The quantitative estimate of drug-likeness (QED) is 0.705. The molecule has 0 saturated heterocycles. The molecule has 3 aromatic rings. The Morgan fingerprint density at radius 1 is 1.32 bits per heavy atom. The number of aromatic nitrogens is 3. The van der Waals surface area contributed by atoms with Gasteiger partial charge in [-0.1, -0.05) is 11.3 Å². The fourth-order valence-corrected chi connectivity index (χ4v) is 4.06. The van der Waals surface area contributed by atoms with Crippen molar-refractivity contribution in [1.82, 2.24) is 14.3 Å². The van der Waals surface area contributed by atoms with Crippen LogP contribution in [0.1, 0.15) is 23.0 Å². The fraction of sp³-hybridized carbons (Fsp3) is 0.353. The molecule has 1 aromatic carbocycles. The van der Waals surface area contributed by atoms with Crippen molar-refractivity contribution in [2.24, 2.45) is 12.0 Å². The largest absolute Gasteiger partial charge is 0.486 e. The number of ether oxygens (including phenoxy) is 2. The number of fused-ring (bicyclic) bond motifs is 2. The van der Waals surface area contributed by atoms with Crippen LogP contribution in [0.5, 0.6) is 11.5 Å². The molecule has 0 unspecified atom stereocenters. The van der Waals surface area contributed by atoms with E-state index in [1.165, 1.54) is 11.3 Å². The second-order valence-corrected chi connectivity index (χ2v) is 6.85. The van der Waals surface area contributed by atoms with E-state index in [1.54, 1.807) is 11.7 Å². The van der Waals surface area contributed by atoms with Crippen LogP contribution < -0.4 is 14.3 Å². The highest BCUT2D eigenvalue weighted by Gasteiger charge is 2.17. The van der Waals surface area contributed by atoms with Gasteiger partial charge in [-0.2, -0.15) is 10.1 Å². The summed E-state index contributed by atoms with van der Waals surface area (Å²) in [7, 11) is 1.79. The van der Waals surface area contributed by atoms with Crippen molar-refractivity contribution in [1.29, 1.82) is 0 Å². The number of nitrogens with zero attached hydrogens (tertiary/aromatic N) is 4. The Bertz CT molecular complexity index is 1040. The van der Waals surface area contributed by atoms with Gasteiger partial charge in [0.2, 0.25) is 0 Å². The molecule has 0 spiro atoms. The number of hydrogen-bond donors (Lipinski definition) is 0. The van der Waals surface area contributed by atoms with Gasteiger partial charge in [-0.3, -0.25) is 9.48 Å². The Labute approximate surface area is 148 Å². The zero-order valence-corrected chi connectivity index (χ0v) is 15.1. The smallest absolute Gasteiger partial charge is 0.300 e. The number of rotatable bonds is 2. The van der Waals surface area contributed by atoms with Crippen molar-refractivity contribution in [3.05, 3.63) is 34.4 Å². The lowest BCUT2D eigenvalue weighted by Gasteiger charge is -2.18. The Kier molecular flexibility index (Phi) is 3.84. The summed E-state index contributed by atoms with van der Waals surface area (Å²) in [5.74, 6) is 1.14. The Morgan fingerprint density at radius 2 is 2.04 bits per heavy atom. The summed E-state index contributed by atoms with van der Waals surface area (Å²) in [5.41, 5.74) is 2.19. The molecule has 7 nitrogen and oxygen atoms in total. The molecule has 0 fully saturated rings. The van der Waals surface area contributed by atoms with Crippen molar-refractivity contribution in [2.45, 2.75) is 20.4 Å². The van der Waals surface area contributed by atoms with Gasteiger partial charge in [-0.05, 0) is 13.8 Å². The van der Waals surface area contributed by atoms with Crippen LogP contribution in [0.4, 0.5) is 0 Å². The first kappa shape index (κ1) is 15.9. The van der Waals surface area contributed by atoms with Gasteiger partial charge in [0, 0.05) is 37.5 Å². The first-order valence-electron chi connectivity index (χ1n) is 8.09. The van der Waals surface area contributed by atoms with E-state index < -0.39 is 0 Å². The Hall–Kier alpha value is -2.61. The predicted octanol–water partition coefficient (Wildman–Crippen LogP) is 2.28. The molecule has 0 atom stereocenters. The number of carbonyl (C=O) groups is 1. The number of thiazole rings is 1. The number of amides is 1. The van der Waals surface area contributed by atoms with E-state index in [4.69, 9.17) is 9.47 Å². The molecule has 0 bridgehead atoms. The summed E-state index contributed by atoms with van der Waals surface area (Å²) in [6.45, 7) is 5.68. The molecule has 1 aliphatic rings.